The standard InChI is InChI=1S/C17H11FN4S/c18-12-8-6-11(7-9-12)16-20-21-17(23)22(16)15-5-1-4-14-13(15)3-2-10-19-14/h1-10H,(H,21,23). The number of hydrogen-bond donors (Lipinski definition) is 1. The minimum Gasteiger partial charge on any atom is -0.267 e. The van der Waals surface area contributed by atoms with Crippen molar-refractivity contribution < 1.29 is 4.39 Å². The lowest BCUT2D eigenvalue weighted by Gasteiger charge is -2.10. The second-order valence-electron chi connectivity index (χ2n) is 5.04. The molecule has 0 radical (unpaired) electrons. The molecular formula is C17H11FN4S. The molecule has 112 valence electrons. The summed E-state index contributed by atoms with van der Waals surface area (Å²) in [7, 11) is 0. The fourth-order valence-electron chi connectivity index (χ4n) is 2.60. The van der Waals surface area contributed by atoms with E-state index in [1.54, 1.807) is 18.3 Å². The molecule has 2 aromatic heterocycles. The largest absolute Gasteiger partial charge is 0.267 e. The molecule has 0 spiro atoms. The van der Waals surface area contributed by atoms with Crippen molar-refractivity contribution in [2.24, 2.45) is 0 Å². The van der Waals surface area contributed by atoms with Gasteiger partial charge in [-0.15, -0.1) is 0 Å². The number of benzene rings is 2. The molecule has 0 saturated heterocycles. The summed E-state index contributed by atoms with van der Waals surface area (Å²) in [4.78, 5) is 4.37. The maximum atomic E-state index is 13.2. The van der Waals surface area contributed by atoms with E-state index in [0.29, 0.717) is 10.6 Å². The van der Waals surface area contributed by atoms with E-state index in [-0.39, 0.29) is 5.82 Å². The van der Waals surface area contributed by atoms with E-state index in [2.05, 4.69) is 15.2 Å². The van der Waals surface area contributed by atoms with Crippen LogP contribution >= 0.6 is 12.2 Å². The van der Waals surface area contributed by atoms with Crippen LogP contribution in [0.2, 0.25) is 0 Å². The smallest absolute Gasteiger partial charge is 0.200 e. The molecule has 2 heterocycles. The first kappa shape index (κ1) is 13.8. The van der Waals surface area contributed by atoms with Gasteiger partial charge in [-0.3, -0.25) is 14.6 Å². The summed E-state index contributed by atoms with van der Waals surface area (Å²) in [6.45, 7) is 0. The van der Waals surface area contributed by atoms with Gasteiger partial charge in [0.05, 0.1) is 11.2 Å². The molecule has 0 aliphatic rings. The molecule has 0 amide bonds. The van der Waals surface area contributed by atoms with Gasteiger partial charge in [0.2, 0.25) is 0 Å². The second-order valence-corrected chi connectivity index (χ2v) is 5.43. The molecule has 4 aromatic rings. The average Bonchev–Trinajstić information content (AvgIpc) is 2.96. The highest BCUT2D eigenvalue weighted by atomic mass is 32.1. The summed E-state index contributed by atoms with van der Waals surface area (Å²) in [5.74, 6) is 0.343. The number of nitrogens with one attached hydrogen (secondary N) is 1. The van der Waals surface area contributed by atoms with Crippen molar-refractivity contribution in [1.82, 2.24) is 19.7 Å². The van der Waals surface area contributed by atoms with E-state index in [4.69, 9.17) is 12.2 Å². The Balaban J connectivity index is 2.01. The minimum atomic E-state index is -0.288. The number of aromatic nitrogens is 4. The Hall–Kier alpha value is -2.86. The van der Waals surface area contributed by atoms with E-state index in [9.17, 15) is 4.39 Å². The molecule has 0 atom stereocenters. The van der Waals surface area contributed by atoms with Gasteiger partial charge >= 0.3 is 0 Å². The lowest BCUT2D eigenvalue weighted by atomic mass is 10.1. The van der Waals surface area contributed by atoms with Crippen LogP contribution in [-0.2, 0) is 0 Å². The molecule has 1 N–H and O–H groups in total. The molecule has 0 aliphatic carbocycles. The predicted molar refractivity (Wildman–Crippen MR) is 89.4 cm³/mol. The highest BCUT2D eigenvalue weighted by Gasteiger charge is 2.13. The predicted octanol–water partition coefficient (Wildman–Crippen LogP) is 4.28. The lowest BCUT2D eigenvalue weighted by Crippen LogP contribution is -1.99. The monoisotopic (exact) mass is 322 g/mol. The Labute approximate surface area is 136 Å². The van der Waals surface area contributed by atoms with Gasteiger partial charge in [0.25, 0.3) is 0 Å². The highest BCUT2D eigenvalue weighted by molar-refractivity contribution is 7.71. The van der Waals surface area contributed by atoms with Crippen LogP contribution in [0.4, 0.5) is 4.39 Å². The summed E-state index contributed by atoms with van der Waals surface area (Å²) >= 11 is 5.39. The van der Waals surface area contributed by atoms with Gasteiger partial charge in [0.1, 0.15) is 5.82 Å². The fourth-order valence-corrected chi connectivity index (χ4v) is 2.83. The zero-order chi connectivity index (χ0) is 15.8. The van der Waals surface area contributed by atoms with Crippen molar-refractivity contribution in [3.8, 4) is 17.1 Å². The third-order valence-corrected chi connectivity index (χ3v) is 3.91. The van der Waals surface area contributed by atoms with Crippen LogP contribution in [-0.4, -0.2) is 19.7 Å². The van der Waals surface area contributed by atoms with E-state index >= 15 is 0 Å². The van der Waals surface area contributed by atoms with Crippen LogP contribution in [0, 0.1) is 10.6 Å². The van der Waals surface area contributed by atoms with Crippen molar-refractivity contribution >= 4 is 23.1 Å². The van der Waals surface area contributed by atoms with E-state index < -0.39 is 0 Å². The number of hydrogen-bond acceptors (Lipinski definition) is 3. The summed E-state index contributed by atoms with van der Waals surface area (Å²) in [6, 6.07) is 15.9. The van der Waals surface area contributed by atoms with Crippen molar-refractivity contribution in [3.05, 3.63) is 71.4 Å². The number of halogens is 1. The Bertz CT molecular complexity index is 1040. The van der Waals surface area contributed by atoms with Gasteiger partial charge < -0.3 is 0 Å². The summed E-state index contributed by atoms with van der Waals surface area (Å²) in [5.41, 5.74) is 2.53. The SMILES string of the molecule is Fc1ccc(-c2n[nH]c(=S)n2-c2cccc3ncccc23)cc1. The topological polar surface area (TPSA) is 46.5 Å². The zero-order valence-electron chi connectivity index (χ0n) is 11.9. The van der Waals surface area contributed by atoms with Gasteiger partial charge in [-0.2, -0.15) is 5.10 Å². The maximum Gasteiger partial charge on any atom is 0.200 e. The fraction of sp³-hybridized carbons (Fsp3) is 0. The first-order chi connectivity index (χ1) is 11.2. The quantitative estimate of drug-likeness (QED) is 0.560. The molecule has 23 heavy (non-hydrogen) atoms. The summed E-state index contributed by atoms with van der Waals surface area (Å²) in [5, 5.41) is 8.09. The summed E-state index contributed by atoms with van der Waals surface area (Å²) in [6.07, 6.45) is 1.75. The van der Waals surface area contributed by atoms with Crippen LogP contribution in [0.3, 0.4) is 0 Å². The molecule has 2 aromatic carbocycles. The van der Waals surface area contributed by atoms with Crippen molar-refractivity contribution in [1.29, 1.82) is 0 Å². The van der Waals surface area contributed by atoms with Gasteiger partial charge in [0.15, 0.2) is 10.6 Å². The van der Waals surface area contributed by atoms with Crippen LogP contribution in [0.25, 0.3) is 28.0 Å². The Morgan fingerprint density at radius 1 is 1.00 bits per heavy atom. The molecule has 0 bridgehead atoms. The Kier molecular flexibility index (Phi) is 3.24. The number of nitrogens with zero attached hydrogens (tertiary/aromatic N) is 3. The first-order valence-electron chi connectivity index (χ1n) is 7.01. The van der Waals surface area contributed by atoms with Gasteiger partial charge in [-0.25, -0.2) is 4.39 Å². The number of H-pyrrole nitrogens is 1. The first-order valence-corrected chi connectivity index (χ1v) is 7.42. The van der Waals surface area contributed by atoms with Crippen molar-refractivity contribution in [3.63, 3.8) is 0 Å². The molecule has 6 heteroatoms. The van der Waals surface area contributed by atoms with Crippen molar-refractivity contribution in [2.75, 3.05) is 0 Å². The molecule has 0 unspecified atom stereocenters. The van der Waals surface area contributed by atoms with Crippen LogP contribution in [0.5, 0.6) is 0 Å². The number of pyridine rings is 1. The van der Waals surface area contributed by atoms with E-state index in [0.717, 1.165) is 22.2 Å². The number of rotatable bonds is 2. The maximum absolute atomic E-state index is 13.2. The number of fused-ring (bicyclic) bond motifs is 1. The lowest BCUT2D eigenvalue weighted by molar-refractivity contribution is 0.628. The van der Waals surface area contributed by atoms with E-state index in [1.165, 1.54) is 12.1 Å². The van der Waals surface area contributed by atoms with Gasteiger partial charge in [-0.05, 0) is 60.7 Å². The Morgan fingerprint density at radius 2 is 1.83 bits per heavy atom. The Morgan fingerprint density at radius 3 is 2.65 bits per heavy atom. The molecule has 4 nitrogen and oxygen atoms in total. The zero-order valence-corrected chi connectivity index (χ0v) is 12.7. The molecule has 0 aliphatic heterocycles. The van der Waals surface area contributed by atoms with Crippen LogP contribution < -0.4 is 0 Å². The van der Waals surface area contributed by atoms with Crippen molar-refractivity contribution in [2.45, 2.75) is 0 Å². The highest BCUT2D eigenvalue weighted by Crippen LogP contribution is 2.26. The van der Waals surface area contributed by atoms with E-state index in [1.807, 2.05) is 34.9 Å². The molecule has 0 fully saturated rings. The summed E-state index contributed by atoms with van der Waals surface area (Å²) < 4.78 is 15.5. The van der Waals surface area contributed by atoms with Gasteiger partial charge in [-0.1, -0.05) is 6.07 Å². The molecule has 0 saturated carbocycles. The van der Waals surface area contributed by atoms with Crippen LogP contribution in [0.15, 0.2) is 60.8 Å². The number of aromatic amines is 1. The minimum absolute atomic E-state index is 0.288. The van der Waals surface area contributed by atoms with Crippen LogP contribution in [0.1, 0.15) is 0 Å². The molecular weight excluding hydrogens is 311 g/mol. The third kappa shape index (κ3) is 2.33. The second kappa shape index (κ2) is 5.40. The normalized spacial score (nSPS) is 11.0. The average molecular weight is 322 g/mol. The molecule has 4 rings (SSSR count). The van der Waals surface area contributed by atoms with Gasteiger partial charge in [0, 0.05) is 17.1 Å². The third-order valence-electron chi connectivity index (χ3n) is 3.64.